The average molecular weight is 314 g/mol. The van der Waals surface area contributed by atoms with Crippen molar-refractivity contribution in [1.82, 2.24) is 4.31 Å². The standard InChI is InChI=1S/C13H18N2O5S/c1-19-10-5-6-15(8-10)21(17,18)12-7-9(14)3-4-11(12)13(16)20-2/h3-4,7,10H,5-6,8,14H2,1-2H3. The number of carbonyl (C=O) groups excluding carboxylic acids is 1. The lowest BCUT2D eigenvalue weighted by Gasteiger charge is -2.18. The number of nitrogens with zero attached hydrogens (tertiary/aromatic N) is 1. The number of rotatable bonds is 4. The number of carbonyl (C=O) groups is 1. The molecule has 0 saturated carbocycles. The van der Waals surface area contributed by atoms with Crippen molar-refractivity contribution in [2.24, 2.45) is 0 Å². The van der Waals surface area contributed by atoms with Crippen molar-refractivity contribution in [3.63, 3.8) is 0 Å². The molecule has 116 valence electrons. The maximum absolute atomic E-state index is 12.7. The van der Waals surface area contributed by atoms with Crippen LogP contribution in [0, 0.1) is 0 Å². The summed E-state index contributed by atoms with van der Waals surface area (Å²) in [4.78, 5) is 11.6. The molecule has 2 N–H and O–H groups in total. The smallest absolute Gasteiger partial charge is 0.339 e. The molecule has 2 rings (SSSR count). The number of ether oxygens (including phenoxy) is 2. The Bertz CT molecular complexity index is 644. The summed E-state index contributed by atoms with van der Waals surface area (Å²) in [6.07, 6.45) is 0.480. The van der Waals surface area contributed by atoms with E-state index in [9.17, 15) is 13.2 Å². The first kappa shape index (κ1) is 15.7. The maximum atomic E-state index is 12.7. The second-order valence-electron chi connectivity index (χ2n) is 4.76. The molecule has 8 heteroatoms. The van der Waals surface area contributed by atoms with Crippen LogP contribution in [0.5, 0.6) is 0 Å². The first-order chi connectivity index (χ1) is 9.90. The third-order valence-corrected chi connectivity index (χ3v) is 5.37. The number of esters is 1. The third kappa shape index (κ3) is 3.02. The number of hydrogen-bond acceptors (Lipinski definition) is 6. The molecule has 1 aliphatic heterocycles. The van der Waals surface area contributed by atoms with Crippen LogP contribution in [0.15, 0.2) is 23.1 Å². The molecule has 7 nitrogen and oxygen atoms in total. The Hall–Kier alpha value is -1.64. The number of sulfonamides is 1. The highest BCUT2D eigenvalue weighted by molar-refractivity contribution is 7.89. The number of nitrogen functional groups attached to an aromatic ring is 1. The minimum atomic E-state index is -3.82. The highest BCUT2D eigenvalue weighted by Crippen LogP contribution is 2.27. The summed E-state index contributed by atoms with van der Waals surface area (Å²) >= 11 is 0. The second kappa shape index (κ2) is 6.00. The average Bonchev–Trinajstić information content (AvgIpc) is 2.96. The Morgan fingerprint density at radius 3 is 2.67 bits per heavy atom. The van der Waals surface area contributed by atoms with E-state index in [2.05, 4.69) is 4.74 Å². The molecular weight excluding hydrogens is 296 g/mol. The van der Waals surface area contributed by atoms with Crippen LogP contribution in [-0.2, 0) is 19.5 Å². The van der Waals surface area contributed by atoms with Crippen molar-refractivity contribution >= 4 is 21.7 Å². The summed E-state index contributed by atoms with van der Waals surface area (Å²) in [5.41, 5.74) is 5.90. The minimum Gasteiger partial charge on any atom is -0.465 e. The van der Waals surface area contributed by atoms with E-state index >= 15 is 0 Å². The van der Waals surface area contributed by atoms with Gasteiger partial charge in [-0.05, 0) is 24.6 Å². The molecule has 1 aromatic rings. The molecule has 0 spiro atoms. The van der Waals surface area contributed by atoms with Crippen LogP contribution in [0.2, 0.25) is 0 Å². The number of hydrogen-bond donors (Lipinski definition) is 1. The molecule has 1 unspecified atom stereocenters. The summed E-state index contributed by atoms with van der Waals surface area (Å²) in [5, 5.41) is 0. The van der Waals surface area contributed by atoms with Gasteiger partial charge in [0.15, 0.2) is 0 Å². The van der Waals surface area contributed by atoms with Gasteiger partial charge in [-0.1, -0.05) is 0 Å². The molecule has 1 atom stereocenters. The summed E-state index contributed by atoms with van der Waals surface area (Å²) in [6, 6.07) is 4.10. The maximum Gasteiger partial charge on any atom is 0.339 e. The molecule has 0 amide bonds. The molecule has 1 fully saturated rings. The zero-order chi connectivity index (χ0) is 15.6. The molecular formula is C13H18N2O5S. The summed E-state index contributed by atoms with van der Waals surface area (Å²) in [7, 11) is -1.07. The molecule has 0 aliphatic carbocycles. The quantitative estimate of drug-likeness (QED) is 0.640. The van der Waals surface area contributed by atoms with Gasteiger partial charge in [0.05, 0.1) is 23.7 Å². The fourth-order valence-electron chi connectivity index (χ4n) is 2.28. The largest absolute Gasteiger partial charge is 0.465 e. The van der Waals surface area contributed by atoms with Crippen molar-refractivity contribution < 1.29 is 22.7 Å². The van der Waals surface area contributed by atoms with Gasteiger partial charge in [-0.3, -0.25) is 0 Å². The van der Waals surface area contributed by atoms with Crippen molar-refractivity contribution in [2.45, 2.75) is 17.4 Å². The van der Waals surface area contributed by atoms with Gasteiger partial charge in [0.2, 0.25) is 10.0 Å². The van der Waals surface area contributed by atoms with Crippen LogP contribution in [-0.4, -0.2) is 52.1 Å². The van der Waals surface area contributed by atoms with E-state index < -0.39 is 16.0 Å². The summed E-state index contributed by atoms with van der Waals surface area (Å²) in [6.45, 7) is 0.602. The van der Waals surface area contributed by atoms with Crippen LogP contribution >= 0.6 is 0 Å². The van der Waals surface area contributed by atoms with E-state index in [-0.39, 0.29) is 28.8 Å². The fourth-order valence-corrected chi connectivity index (χ4v) is 3.98. The molecule has 0 radical (unpaired) electrons. The summed E-state index contributed by atoms with van der Waals surface area (Å²) in [5.74, 6) is -0.712. The lowest BCUT2D eigenvalue weighted by molar-refractivity contribution is 0.0596. The number of anilines is 1. The molecule has 1 saturated heterocycles. The normalized spacial score (nSPS) is 19.6. The van der Waals surface area contributed by atoms with Gasteiger partial charge < -0.3 is 15.2 Å². The Balaban J connectivity index is 2.44. The Morgan fingerprint density at radius 2 is 2.10 bits per heavy atom. The number of nitrogens with two attached hydrogens (primary N) is 1. The third-order valence-electron chi connectivity index (χ3n) is 3.47. The highest BCUT2D eigenvalue weighted by atomic mass is 32.2. The predicted octanol–water partition coefficient (Wildman–Crippen LogP) is 0.465. The topological polar surface area (TPSA) is 98.9 Å². The van der Waals surface area contributed by atoms with Crippen molar-refractivity contribution in [3.05, 3.63) is 23.8 Å². The summed E-state index contributed by atoms with van der Waals surface area (Å²) < 4.78 is 36.5. The number of methoxy groups -OCH3 is 2. The van der Waals surface area contributed by atoms with E-state index in [4.69, 9.17) is 10.5 Å². The molecule has 0 bridgehead atoms. The molecule has 1 heterocycles. The Morgan fingerprint density at radius 1 is 1.38 bits per heavy atom. The fraction of sp³-hybridized carbons (Fsp3) is 0.462. The second-order valence-corrected chi connectivity index (χ2v) is 6.66. The zero-order valence-electron chi connectivity index (χ0n) is 11.9. The molecule has 1 aromatic carbocycles. The molecule has 0 aromatic heterocycles. The van der Waals surface area contributed by atoms with Gasteiger partial charge in [-0.25, -0.2) is 13.2 Å². The van der Waals surface area contributed by atoms with Crippen LogP contribution in [0.25, 0.3) is 0 Å². The van der Waals surface area contributed by atoms with Crippen LogP contribution < -0.4 is 5.73 Å². The van der Waals surface area contributed by atoms with Gasteiger partial charge in [-0.2, -0.15) is 4.31 Å². The van der Waals surface area contributed by atoms with E-state index in [1.807, 2.05) is 0 Å². The SMILES string of the molecule is COC(=O)c1ccc(N)cc1S(=O)(=O)N1CCC(OC)C1. The van der Waals surface area contributed by atoms with Crippen LogP contribution in [0.3, 0.4) is 0 Å². The van der Waals surface area contributed by atoms with E-state index in [1.54, 1.807) is 7.11 Å². The van der Waals surface area contributed by atoms with Gasteiger partial charge in [-0.15, -0.1) is 0 Å². The van der Waals surface area contributed by atoms with E-state index in [0.29, 0.717) is 13.0 Å². The van der Waals surface area contributed by atoms with Gasteiger partial charge in [0, 0.05) is 25.9 Å². The Kier molecular flexibility index (Phi) is 4.50. The van der Waals surface area contributed by atoms with E-state index in [0.717, 1.165) is 0 Å². The monoisotopic (exact) mass is 314 g/mol. The minimum absolute atomic E-state index is 0.0208. The van der Waals surface area contributed by atoms with Crippen molar-refractivity contribution in [3.8, 4) is 0 Å². The first-order valence-electron chi connectivity index (χ1n) is 6.41. The van der Waals surface area contributed by atoms with Crippen molar-refractivity contribution in [2.75, 3.05) is 33.0 Å². The predicted molar refractivity (Wildman–Crippen MR) is 76.4 cm³/mol. The highest BCUT2D eigenvalue weighted by Gasteiger charge is 2.35. The zero-order valence-corrected chi connectivity index (χ0v) is 12.7. The molecule has 21 heavy (non-hydrogen) atoms. The first-order valence-corrected chi connectivity index (χ1v) is 7.85. The molecule has 1 aliphatic rings. The number of benzene rings is 1. The van der Waals surface area contributed by atoms with Crippen LogP contribution in [0.1, 0.15) is 16.8 Å². The Labute approximate surface area is 123 Å². The van der Waals surface area contributed by atoms with Gasteiger partial charge in [0.1, 0.15) is 0 Å². The van der Waals surface area contributed by atoms with Gasteiger partial charge >= 0.3 is 5.97 Å². The van der Waals surface area contributed by atoms with E-state index in [1.165, 1.54) is 29.6 Å². The lowest BCUT2D eigenvalue weighted by atomic mass is 10.2. The van der Waals surface area contributed by atoms with Crippen molar-refractivity contribution in [1.29, 1.82) is 0 Å². The van der Waals surface area contributed by atoms with Crippen LogP contribution in [0.4, 0.5) is 5.69 Å². The van der Waals surface area contributed by atoms with Gasteiger partial charge in [0.25, 0.3) is 0 Å². The lowest BCUT2D eigenvalue weighted by Crippen LogP contribution is -2.31.